The van der Waals surface area contributed by atoms with Gasteiger partial charge < -0.3 is 15.0 Å². The van der Waals surface area contributed by atoms with Crippen molar-refractivity contribution in [2.75, 3.05) is 18.0 Å². The first-order valence-corrected chi connectivity index (χ1v) is 17.0. The van der Waals surface area contributed by atoms with Gasteiger partial charge in [0, 0.05) is 24.0 Å². The zero-order chi connectivity index (χ0) is 33.3. The van der Waals surface area contributed by atoms with Crippen LogP contribution in [-0.4, -0.2) is 50.9 Å². The van der Waals surface area contributed by atoms with Crippen LogP contribution in [0.3, 0.4) is 0 Å². The third-order valence-corrected chi connectivity index (χ3v) is 9.96. The molecule has 10 heteroatoms. The molecule has 0 aliphatic heterocycles. The van der Waals surface area contributed by atoms with Gasteiger partial charge >= 0.3 is 0 Å². The van der Waals surface area contributed by atoms with Crippen LogP contribution in [-0.2, 0) is 32.6 Å². The van der Waals surface area contributed by atoms with Crippen molar-refractivity contribution in [3.8, 4) is 5.75 Å². The SMILES string of the molecule is CCC(C)NC(=O)C(Cc1ccccc1)N(Cc1ccccc1Cl)C(=O)CN(c1ccccc1OC)S(=O)(=O)c1ccc(C)cc1. The molecule has 0 fully saturated rings. The minimum Gasteiger partial charge on any atom is -0.495 e. The van der Waals surface area contributed by atoms with E-state index in [-0.39, 0.29) is 41.2 Å². The number of aryl methyl sites for hydroxylation is 1. The summed E-state index contributed by atoms with van der Waals surface area (Å²) in [6, 6.07) is 28.4. The molecule has 2 atom stereocenters. The van der Waals surface area contributed by atoms with Gasteiger partial charge in [0.05, 0.1) is 17.7 Å². The largest absolute Gasteiger partial charge is 0.495 e. The average Bonchev–Trinajstić information content (AvgIpc) is 3.06. The van der Waals surface area contributed by atoms with Crippen molar-refractivity contribution in [3.63, 3.8) is 0 Å². The number of amides is 2. The van der Waals surface area contributed by atoms with Crippen molar-refractivity contribution >= 4 is 39.1 Å². The summed E-state index contributed by atoms with van der Waals surface area (Å²) in [4.78, 5) is 30.0. The van der Waals surface area contributed by atoms with Crippen molar-refractivity contribution in [2.45, 2.75) is 57.1 Å². The molecule has 0 spiro atoms. The van der Waals surface area contributed by atoms with E-state index in [9.17, 15) is 18.0 Å². The highest BCUT2D eigenvalue weighted by Gasteiger charge is 2.36. The quantitative estimate of drug-likeness (QED) is 0.169. The lowest BCUT2D eigenvalue weighted by molar-refractivity contribution is -0.140. The van der Waals surface area contributed by atoms with E-state index in [0.717, 1.165) is 15.4 Å². The van der Waals surface area contributed by atoms with Gasteiger partial charge in [-0.3, -0.25) is 13.9 Å². The molecule has 0 saturated carbocycles. The second kappa shape index (κ2) is 15.8. The molecular weight excluding hydrogens is 622 g/mol. The number of sulfonamides is 1. The van der Waals surface area contributed by atoms with Gasteiger partial charge in [0.1, 0.15) is 18.3 Å². The van der Waals surface area contributed by atoms with Gasteiger partial charge in [-0.1, -0.05) is 96.9 Å². The molecule has 0 bridgehead atoms. The van der Waals surface area contributed by atoms with E-state index in [1.54, 1.807) is 60.7 Å². The summed E-state index contributed by atoms with van der Waals surface area (Å²) in [5, 5.41) is 3.46. The number of nitrogens with one attached hydrogen (secondary N) is 1. The van der Waals surface area contributed by atoms with Crippen LogP contribution < -0.4 is 14.4 Å². The first-order chi connectivity index (χ1) is 22.0. The van der Waals surface area contributed by atoms with E-state index in [1.807, 2.05) is 51.1 Å². The number of carbonyl (C=O) groups is 2. The molecule has 2 amide bonds. The lowest BCUT2D eigenvalue weighted by Crippen LogP contribution is -2.54. The summed E-state index contributed by atoms with van der Waals surface area (Å²) >= 11 is 6.57. The van der Waals surface area contributed by atoms with Crippen molar-refractivity contribution in [2.24, 2.45) is 0 Å². The Morgan fingerprint density at radius 1 is 0.891 bits per heavy atom. The maximum Gasteiger partial charge on any atom is 0.264 e. The minimum absolute atomic E-state index is 0.0183. The van der Waals surface area contributed by atoms with Gasteiger partial charge in [-0.15, -0.1) is 0 Å². The van der Waals surface area contributed by atoms with Crippen LogP contribution in [0.4, 0.5) is 5.69 Å². The van der Waals surface area contributed by atoms with Gasteiger partial charge in [-0.2, -0.15) is 0 Å². The fourth-order valence-electron chi connectivity index (χ4n) is 4.99. The standard InChI is InChI=1S/C36H40ClN3O5S/c1-5-27(3)38-36(42)33(23-28-13-7-6-8-14-28)39(24-29-15-9-10-16-31(29)37)35(41)25-40(32-17-11-12-18-34(32)45-4)46(43,44)30-21-19-26(2)20-22-30/h6-22,27,33H,5,23-25H2,1-4H3,(H,38,42). The zero-order valence-electron chi connectivity index (χ0n) is 26.5. The highest BCUT2D eigenvalue weighted by molar-refractivity contribution is 7.92. The van der Waals surface area contributed by atoms with Crippen LogP contribution >= 0.6 is 11.6 Å². The summed E-state index contributed by atoms with van der Waals surface area (Å²) < 4.78 is 35.1. The second-order valence-corrected chi connectivity index (χ2v) is 13.4. The van der Waals surface area contributed by atoms with Crippen LogP contribution in [0.1, 0.15) is 37.0 Å². The Kier molecular flexibility index (Phi) is 11.8. The molecule has 0 aliphatic rings. The molecule has 2 unspecified atom stereocenters. The summed E-state index contributed by atoms with van der Waals surface area (Å²) in [5.74, 6) is -0.649. The van der Waals surface area contributed by atoms with Crippen LogP contribution in [0.15, 0.2) is 108 Å². The Balaban J connectivity index is 1.84. The first kappa shape index (κ1) is 34.5. The maximum atomic E-state index is 14.6. The molecule has 4 aromatic carbocycles. The summed E-state index contributed by atoms with van der Waals surface area (Å²) in [6.45, 7) is 5.11. The maximum absolute atomic E-state index is 14.6. The van der Waals surface area contributed by atoms with Crippen molar-refractivity contribution in [1.29, 1.82) is 0 Å². The topological polar surface area (TPSA) is 96.0 Å². The molecule has 0 aliphatic carbocycles. The number of hydrogen-bond acceptors (Lipinski definition) is 5. The molecular formula is C36H40ClN3O5S. The number of ether oxygens (including phenoxy) is 1. The fourth-order valence-corrected chi connectivity index (χ4v) is 6.61. The normalized spacial score (nSPS) is 12.5. The van der Waals surface area contributed by atoms with E-state index in [2.05, 4.69) is 5.32 Å². The van der Waals surface area contributed by atoms with E-state index >= 15 is 0 Å². The number of hydrogen-bond donors (Lipinski definition) is 1. The highest BCUT2D eigenvalue weighted by Crippen LogP contribution is 2.33. The number of benzene rings is 4. The van der Waals surface area contributed by atoms with E-state index in [4.69, 9.17) is 16.3 Å². The molecule has 0 heterocycles. The van der Waals surface area contributed by atoms with E-state index in [1.165, 1.54) is 24.1 Å². The van der Waals surface area contributed by atoms with Crippen molar-refractivity contribution in [3.05, 3.63) is 125 Å². The van der Waals surface area contributed by atoms with E-state index in [0.29, 0.717) is 17.0 Å². The Hall–Kier alpha value is -4.34. The highest BCUT2D eigenvalue weighted by atomic mass is 35.5. The predicted molar refractivity (Wildman–Crippen MR) is 183 cm³/mol. The van der Waals surface area contributed by atoms with Gasteiger partial charge in [0.2, 0.25) is 11.8 Å². The number of para-hydroxylation sites is 2. The molecule has 0 aromatic heterocycles. The van der Waals surface area contributed by atoms with Crippen molar-refractivity contribution < 1.29 is 22.7 Å². The molecule has 8 nitrogen and oxygen atoms in total. The molecule has 46 heavy (non-hydrogen) atoms. The number of rotatable bonds is 14. The predicted octanol–water partition coefficient (Wildman–Crippen LogP) is 6.41. The third-order valence-electron chi connectivity index (χ3n) is 7.81. The average molecular weight is 662 g/mol. The van der Waals surface area contributed by atoms with Gasteiger partial charge in [-0.25, -0.2) is 8.42 Å². The van der Waals surface area contributed by atoms with Gasteiger partial charge in [0.25, 0.3) is 10.0 Å². The van der Waals surface area contributed by atoms with Crippen LogP contribution in [0, 0.1) is 6.92 Å². The number of anilines is 1. The third kappa shape index (κ3) is 8.47. The van der Waals surface area contributed by atoms with E-state index < -0.39 is 28.5 Å². The molecule has 4 aromatic rings. The van der Waals surface area contributed by atoms with Crippen LogP contribution in [0.2, 0.25) is 5.02 Å². The van der Waals surface area contributed by atoms with Crippen LogP contribution in [0.5, 0.6) is 5.75 Å². The fraction of sp³-hybridized carbons (Fsp3) is 0.278. The molecule has 0 radical (unpaired) electrons. The number of carbonyl (C=O) groups excluding carboxylic acids is 2. The lowest BCUT2D eigenvalue weighted by Gasteiger charge is -2.34. The van der Waals surface area contributed by atoms with Gasteiger partial charge in [0.15, 0.2) is 0 Å². The molecule has 1 N–H and O–H groups in total. The molecule has 4 rings (SSSR count). The number of nitrogens with zero attached hydrogens (tertiary/aromatic N) is 2. The monoisotopic (exact) mass is 661 g/mol. The van der Waals surface area contributed by atoms with Crippen molar-refractivity contribution in [1.82, 2.24) is 10.2 Å². The summed E-state index contributed by atoms with van der Waals surface area (Å²) in [5.41, 5.74) is 2.55. The molecule has 0 saturated heterocycles. The Morgan fingerprint density at radius 3 is 2.17 bits per heavy atom. The molecule has 242 valence electrons. The Morgan fingerprint density at radius 2 is 1.52 bits per heavy atom. The number of halogens is 1. The first-order valence-electron chi connectivity index (χ1n) is 15.1. The zero-order valence-corrected chi connectivity index (χ0v) is 28.1. The minimum atomic E-state index is -4.26. The Labute approximate surface area is 277 Å². The smallest absolute Gasteiger partial charge is 0.264 e. The lowest BCUT2D eigenvalue weighted by atomic mass is 10.0. The van der Waals surface area contributed by atoms with Crippen LogP contribution in [0.25, 0.3) is 0 Å². The summed E-state index contributed by atoms with van der Waals surface area (Å²) in [7, 11) is -2.82. The summed E-state index contributed by atoms with van der Waals surface area (Å²) in [6.07, 6.45) is 0.900. The number of methoxy groups -OCH3 is 1. The Bertz CT molecular complexity index is 1730. The van der Waals surface area contributed by atoms with Gasteiger partial charge in [-0.05, 0) is 61.7 Å². The second-order valence-electron chi connectivity index (χ2n) is 11.1.